The Kier molecular flexibility index (Phi) is 8.21. The molecular formula is C21H25F3N2O5. The summed E-state index contributed by atoms with van der Waals surface area (Å²) in [5.41, 5.74) is -0.0635. The number of rotatable bonds is 8. The topological polar surface area (TPSA) is 84.9 Å². The number of esters is 1. The summed E-state index contributed by atoms with van der Waals surface area (Å²) in [7, 11) is 1.49. The van der Waals surface area contributed by atoms with Crippen molar-refractivity contribution in [1.82, 2.24) is 10.2 Å². The van der Waals surface area contributed by atoms with Crippen LogP contribution >= 0.6 is 0 Å². The molecule has 0 spiro atoms. The first-order chi connectivity index (χ1) is 14.6. The van der Waals surface area contributed by atoms with Gasteiger partial charge in [-0.15, -0.1) is 0 Å². The number of carbonyl (C=O) groups excluding carboxylic acids is 3. The standard InChI is InChI=1S/C21H25F3N2O5/c1-4-31-20(29)19-13(2)26(12-17(27)25-9-10-30-3)18(28)11-16(19)14-5-7-15(8-6-14)21(22,23)24/h5-8,16H,4,9-12H2,1-3H3,(H,25,27). The van der Waals surface area contributed by atoms with Crippen LogP contribution in [0.1, 0.15) is 37.3 Å². The average Bonchev–Trinajstić information content (AvgIpc) is 2.70. The van der Waals surface area contributed by atoms with Crippen molar-refractivity contribution in [3.05, 3.63) is 46.7 Å². The number of alkyl halides is 3. The van der Waals surface area contributed by atoms with Crippen molar-refractivity contribution in [2.45, 2.75) is 32.4 Å². The molecule has 0 saturated carbocycles. The molecule has 10 heteroatoms. The molecule has 2 rings (SSSR count). The fourth-order valence-corrected chi connectivity index (χ4v) is 3.36. The van der Waals surface area contributed by atoms with Crippen molar-refractivity contribution in [3.63, 3.8) is 0 Å². The molecule has 1 aromatic rings. The molecule has 0 bridgehead atoms. The van der Waals surface area contributed by atoms with E-state index >= 15 is 0 Å². The molecule has 1 N–H and O–H groups in total. The van der Waals surface area contributed by atoms with Crippen LogP contribution in [0.3, 0.4) is 0 Å². The number of nitrogens with one attached hydrogen (secondary N) is 1. The predicted octanol–water partition coefficient (Wildman–Crippen LogP) is 2.62. The minimum Gasteiger partial charge on any atom is -0.463 e. The molecule has 1 atom stereocenters. The highest BCUT2D eigenvalue weighted by Crippen LogP contribution is 2.38. The van der Waals surface area contributed by atoms with Gasteiger partial charge in [-0.05, 0) is 31.5 Å². The van der Waals surface area contributed by atoms with Gasteiger partial charge in [-0.25, -0.2) is 4.79 Å². The van der Waals surface area contributed by atoms with Gasteiger partial charge in [-0.1, -0.05) is 12.1 Å². The number of carbonyl (C=O) groups is 3. The SMILES string of the molecule is CCOC(=O)C1=C(C)N(CC(=O)NCCOC)C(=O)CC1c1ccc(C(F)(F)F)cc1. The zero-order chi connectivity index (χ0) is 23.2. The van der Waals surface area contributed by atoms with Gasteiger partial charge in [0.25, 0.3) is 0 Å². The summed E-state index contributed by atoms with van der Waals surface area (Å²) in [6.45, 7) is 3.49. The van der Waals surface area contributed by atoms with Gasteiger partial charge in [0.2, 0.25) is 11.8 Å². The van der Waals surface area contributed by atoms with Crippen molar-refractivity contribution in [2.75, 3.05) is 33.4 Å². The van der Waals surface area contributed by atoms with E-state index in [1.807, 2.05) is 0 Å². The van der Waals surface area contributed by atoms with Gasteiger partial charge in [-0.3, -0.25) is 9.59 Å². The number of methoxy groups -OCH3 is 1. The summed E-state index contributed by atoms with van der Waals surface area (Å²) in [5.74, 6) is -2.30. The monoisotopic (exact) mass is 442 g/mol. The molecule has 1 unspecified atom stereocenters. The molecule has 0 fully saturated rings. The summed E-state index contributed by atoms with van der Waals surface area (Å²) in [6, 6.07) is 4.32. The summed E-state index contributed by atoms with van der Waals surface area (Å²) in [4.78, 5) is 38.8. The molecular weight excluding hydrogens is 417 g/mol. The van der Waals surface area contributed by atoms with Crippen LogP contribution in [0, 0.1) is 0 Å². The van der Waals surface area contributed by atoms with E-state index in [1.54, 1.807) is 6.92 Å². The van der Waals surface area contributed by atoms with Crippen LogP contribution in [0.4, 0.5) is 13.2 Å². The molecule has 1 aromatic carbocycles. The number of halogens is 3. The van der Waals surface area contributed by atoms with Crippen molar-refractivity contribution >= 4 is 17.8 Å². The Labute approximate surface area is 178 Å². The Bertz CT molecular complexity index is 850. The van der Waals surface area contributed by atoms with E-state index in [2.05, 4.69) is 5.32 Å². The van der Waals surface area contributed by atoms with Crippen LogP contribution in [0.15, 0.2) is 35.5 Å². The third-order valence-electron chi connectivity index (χ3n) is 4.89. The summed E-state index contributed by atoms with van der Waals surface area (Å²) in [5, 5.41) is 2.60. The second kappa shape index (κ2) is 10.4. The lowest BCUT2D eigenvalue weighted by Crippen LogP contribution is -2.44. The summed E-state index contributed by atoms with van der Waals surface area (Å²) >= 11 is 0. The first kappa shape index (κ1) is 24.4. The van der Waals surface area contributed by atoms with Crippen LogP contribution in [-0.2, 0) is 30.0 Å². The highest BCUT2D eigenvalue weighted by molar-refractivity contribution is 5.97. The maximum atomic E-state index is 12.9. The van der Waals surface area contributed by atoms with Gasteiger partial charge in [0, 0.05) is 31.7 Å². The molecule has 0 aromatic heterocycles. The number of hydrogen-bond donors (Lipinski definition) is 1. The van der Waals surface area contributed by atoms with E-state index in [0.717, 1.165) is 12.1 Å². The Morgan fingerprint density at radius 2 is 1.87 bits per heavy atom. The Morgan fingerprint density at radius 3 is 2.42 bits per heavy atom. The maximum Gasteiger partial charge on any atom is 0.416 e. The van der Waals surface area contributed by atoms with E-state index in [4.69, 9.17) is 9.47 Å². The number of allylic oxidation sites excluding steroid dienone is 1. The van der Waals surface area contributed by atoms with Gasteiger partial charge in [0.15, 0.2) is 0 Å². The number of amides is 2. The molecule has 170 valence electrons. The van der Waals surface area contributed by atoms with Gasteiger partial charge in [-0.2, -0.15) is 13.2 Å². The smallest absolute Gasteiger partial charge is 0.416 e. The fourth-order valence-electron chi connectivity index (χ4n) is 3.36. The first-order valence-electron chi connectivity index (χ1n) is 9.71. The van der Waals surface area contributed by atoms with Crippen LogP contribution in [0.2, 0.25) is 0 Å². The lowest BCUT2D eigenvalue weighted by atomic mass is 9.83. The maximum absolute atomic E-state index is 12.9. The highest BCUT2D eigenvalue weighted by atomic mass is 19.4. The van der Waals surface area contributed by atoms with Crippen LogP contribution in [-0.4, -0.2) is 56.1 Å². The quantitative estimate of drug-likeness (QED) is 0.494. The van der Waals surface area contributed by atoms with Crippen molar-refractivity contribution in [3.8, 4) is 0 Å². The Morgan fingerprint density at radius 1 is 1.23 bits per heavy atom. The van der Waals surface area contributed by atoms with Crippen molar-refractivity contribution < 1.29 is 37.0 Å². The molecule has 1 aliphatic rings. The first-order valence-corrected chi connectivity index (χ1v) is 9.71. The molecule has 1 heterocycles. The van der Waals surface area contributed by atoms with Gasteiger partial charge in [0.1, 0.15) is 6.54 Å². The number of hydrogen-bond acceptors (Lipinski definition) is 5. The summed E-state index contributed by atoms with van der Waals surface area (Å²) in [6.07, 6.45) is -4.67. The Balaban J connectivity index is 2.37. The van der Waals surface area contributed by atoms with Gasteiger partial charge in [0.05, 0.1) is 24.4 Å². The predicted molar refractivity (Wildman–Crippen MR) is 105 cm³/mol. The second-order valence-corrected chi connectivity index (χ2v) is 6.92. The molecule has 2 amide bonds. The zero-order valence-corrected chi connectivity index (χ0v) is 17.5. The minimum atomic E-state index is -4.50. The van der Waals surface area contributed by atoms with Crippen molar-refractivity contribution in [1.29, 1.82) is 0 Å². The molecule has 0 radical (unpaired) electrons. The normalized spacial score (nSPS) is 17.0. The van der Waals surface area contributed by atoms with Crippen molar-refractivity contribution in [2.24, 2.45) is 0 Å². The van der Waals surface area contributed by atoms with E-state index in [1.165, 1.54) is 31.1 Å². The molecule has 0 saturated heterocycles. The molecule has 0 aliphatic carbocycles. The lowest BCUT2D eigenvalue weighted by Gasteiger charge is -2.34. The highest BCUT2D eigenvalue weighted by Gasteiger charge is 2.38. The zero-order valence-electron chi connectivity index (χ0n) is 17.5. The van der Waals surface area contributed by atoms with Crippen LogP contribution in [0.25, 0.3) is 0 Å². The van der Waals surface area contributed by atoms with Crippen LogP contribution < -0.4 is 5.32 Å². The summed E-state index contributed by atoms with van der Waals surface area (Å²) < 4.78 is 48.6. The Hall–Kier alpha value is -2.88. The number of ether oxygens (including phenoxy) is 2. The van der Waals surface area contributed by atoms with Gasteiger partial charge >= 0.3 is 12.1 Å². The van der Waals surface area contributed by atoms with E-state index in [-0.39, 0.29) is 37.4 Å². The average molecular weight is 442 g/mol. The van der Waals surface area contributed by atoms with E-state index in [0.29, 0.717) is 12.2 Å². The largest absolute Gasteiger partial charge is 0.463 e. The third-order valence-corrected chi connectivity index (χ3v) is 4.89. The number of benzene rings is 1. The van der Waals surface area contributed by atoms with E-state index < -0.39 is 35.4 Å². The lowest BCUT2D eigenvalue weighted by molar-refractivity contribution is -0.141. The molecule has 1 aliphatic heterocycles. The number of nitrogens with zero attached hydrogens (tertiary/aromatic N) is 1. The van der Waals surface area contributed by atoms with Crippen LogP contribution in [0.5, 0.6) is 0 Å². The van der Waals surface area contributed by atoms with Gasteiger partial charge < -0.3 is 19.7 Å². The minimum absolute atomic E-state index is 0.0841. The fraction of sp³-hybridized carbons (Fsp3) is 0.476. The second-order valence-electron chi connectivity index (χ2n) is 6.92. The molecule has 7 nitrogen and oxygen atoms in total. The van der Waals surface area contributed by atoms with E-state index in [9.17, 15) is 27.6 Å². The molecule has 31 heavy (non-hydrogen) atoms. The third kappa shape index (κ3) is 6.06.